The minimum Gasteiger partial charge on any atom is -0.354 e. The van der Waals surface area contributed by atoms with Crippen LogP contribution in [0.2, 0.25) is 10.0 Å². The molecule has 1 atom stereocenters. The molecule has 8 heteroatoms. The molecular weight excluding hydrogens is 458 g/mol. The fourth-order valence-corrected chi connectivity index (χ4v) is 4.20. The van der Waals surface area contributed by atoms with Gasteiger partial charge in [0.1, 0.15) is 11.9 Å². The maximum atomic E-state index is 13.1. The molecular formula is C23H27Cl2FN2O2S. The second-order valence-electron chi connectivity index (χ2n) is 7.66. The van der Waals surface area contributed by atoms with Gasteiger partial charge in [-0.1, -0.05) is 55.2 Å². The minimum atomic E-state index is -0.690. The molecule has 2 amide bonds. The number of halogens is 3. The second kappa shape index (κ2) is 12.3. The van der Waals surface area contributed by atoms with Gasteiger partial charge in [-0.05, 0) is 42.7 Å². The lowest BCUT2D eigenvalue weighted by Gasteiger charge is -2.29. The van der Waals surface area contributed by atoms with Crippen LogP contribution in [0.4, 0.5) is 4.39 Å². The molecule has 0 spiro atoms. The third-order valence-corrected chi connectivity index (χ3v) is 6.35. The van der Waals surface area contributed by atoms with Gasteiger partial charge in [0.15, 0.2) is 0 Å². The summed E-state index contributed by atoms with van der Waals surface area (Å²) in [6.07, 6.45) is 0. The summed E-state index contributed by atoms with van der Waals surface area (Å²) >= 11 is 14.0. The molecule has 31 heavy (non-hydrogen) atoms. The molecule has 1 N–H and O–H groups in total. The van der Waals surface area contributed by atoms with Crippen LogP contribution in [0.5, 0.6) is 0 Å². The van der Waals surface area contributed by atoms with Gasteiger partial charge in [-0.3, -0.25) is 9.59 Å². The Hall–Kier alpha value is -1.76. The summed E-state index contributed by atoms with van der Waals surface area (Å²) in [6, 6.07) is 10.6. The summed E-state index contributed by atoms with van der Waals surface area (Å²) < 4.78 is 13.1. The van der Waals surface area contributed by atoms with Crippen LogP contribution in [0.25, 0.3) is 0 Å². The number of hydrogen-bond donors (Lipinski definition) is 1. The van der Waals surface area contributed by atoms with E-state index in [0.29, 0.717) is 33.8 Å². The first-order chi connectivity index (χ1) is 14.7. The molecule has 2 aromatic rings. The van der Waals surface area contributed by atoms with E-state index in [0.717, 1.165) is 5.56 Å². The standard InChI is InChI=1S/C23H27Cl2FN2O2S/c1-15(2)11-27-23(30)16(3)28(12-19-20(24)5-4-6-21(19)25)22(29)14-31-13-17-7-9-18(26)10-8-17/h4-10,15-16H,11-14H2,1-3H3,(H,27,30)/t16-/m1/s1. The first kappa shape index (κ1) is 25.5. The van der Waals surface area contributed by atoms with Crippen molar-refractivity contribution < 1.29 is 14.0 Å². The molecule has 0 aromatic heterocycles. The second-order valence-corrected chi connectivity index (χ2v) is 9.46. The molecule has 4 nitrogen and oxygen atoms in total. The lowest BCUT2D eigenvalue weighted by molar-refractivity contribution is -0.138. The molecule has 0 saturated heterocycles. The number of carbonyl (C=O) groups is 2. The van der Waals surface area contributed by atoms with Crippen molar-refractivity contribution in [1.82, 2.24) is 10.2 Å². The zero-order valence-corrected chi connectivity index (χ0v) is 20.2. The summed E-state index contributed by atoms with van der Waals surface area (Å²) in [7, 11) is 0. The predicted molar refractivity (Wildman–Crippen MR) is 127 cm³/mol. The molecule has 2 rings (SSSR count). The Bertz CT molecular complexity index is 873. The largest absolute Gasteiger partial charge is 0.354 e. The zero-order valence-electron chi connectivity index (χ0n) is 17.8. The smallest absolute Gasteiger partial charge is 0.242 e. The molecule has 0 unspecified atom stereocenters. The van der Waals surface area contributed by atoms with Crippen molar-refractivity contribution in [2.75, 3.05) is 12.3 Å². The summed E-state index contributed by atoms with van der Waals surface area (Å²) in [4.78, 5) is 27.2. The van der Waals surface area contributed by atoms with Crippen LogP contribution in [0.15, 0.2) is 42.5 Å². The van der Waals surface area contributed by atoms with E-state index in [1.54, 1.807) is 37.3 Å². The van der Waals surface area contributed by atoms with E-state index in [9.17, 15) is 14.0 Å². The number of benzene rings is 2. The summed E-state index contributed by atoms with van der Waals surface area (Å²) in [5, 5.41) is 3.77. The van der Waals surface area contributed by atoms with Gasteiger partial charge < -0.3 is 10.2 Å². The van der Waals surface area contributed by atoms with Crippen LogP contribution in [-0.2, 0) is 21.9 Å². The van der Waals surface area contributed by atoms with Gasteiger partial charge in [0.05, 0.1) is 5.75 Å². The van der Waals surface area contributed by atoms with Crippen LogP contribution < -0.4 is 5.32 Å². The van der Waals surface area contributed by atoms with E-state index in [-0.39, 0.29) is 29.9 Å². The Kier molecular flexibility index (Phi) is 10.1. The van der Waals surface area contributed by atoms with Gasteiger partial charge in [-0.25, -0.2) is 4.39 Å². The normalized spacial score (nSPS) is 12.0. The Morgan fingerprint density at radius 3 is 2.26 bits per heavy atom. The molecule has 0 fully saturated rings. The highest BCUT2D eigenvalue weighted by atomic mass is 35.5. The monoisotopic (exact) mass is 484 g/mol. The third-order valence-electron chi connectivity index (χ3n) is 4.65. The molecule has 0 aliphatic rings. The van der Waals surface area contributed by atoms with Crippen molar-refractivity contribution in [2.45, 2.75) is 39.1 Å². The fraction of sp³-hybridized carbons (Fsp3) is 0.391. The highest BCUT2D eigenvalue weighted by Gasteiger charge is 2.27. The molecule has 0 bridgehead atoms. The van der Waals surface area contributed by atoms with Crippen LogP contribution >= 0.6 is 35.0 Å². The lowest BCUT2D eigenvalue weighted by Crippen LogP contribution is -2.48. The summed E-state index contributed by atoms with van der Waals surface area (Å²) in [5.41, 5.74) is 1.52. The maximum absolute atomic E-state index is 13.1. The number of rotatable bonds is 10. The van der Waals surface area contributed by atoms with Gasteiger partial charge >= 0.3 is 0 Å². The van der Waals surface area contributed by atoms with E-state index in [1.165, 1.54) is 28.8 Å². The Labute approximate surface area is 197 Å². The maximum Gasteiger partial charge on any atom is 0.242 e. The average molecular weight is 485 g/mol. The van der Waals surface area contributed by atoms with Crippen molar-refractivity contribution >= 4 is 46.8 Å². The van der Waals surface area contributed by atoms with Gasteiger partial charge in [-0.2, -0.15) is 0 Å². The third kappa shape index (κ3) is 8.02. The molecule has 168 valence electrons. The predicted octanol–water partition coefficient (Wildman–Crippen LogP) is 5.56. The number of nitrogens with one attached hydrogen (secondary N) is 1. The van der Waals surface area contributed by atoms with Gasteiger partial charge in [0, 0.05) is 34.5 Å². The molecule has 0 radical (unpaired) electrons. The quantitative estimate of drug-likeness (QED) is 0.480. The summed E-state index contributed by atoms with van der Waals surface area (Å²) in [6.45, 7) is 6.36. The molecule has 0 heterocycles. The highest BCUT2D eigenvalue weighted by molar-refractivity contribution is 7.99. The number of carbonyl (C=O) groups excluding carboxylic acids is 2. The zero-order chi connectivity index (χ0) is 23.0. The molecule has 0 aliphatic heterocycles. The van der Waals surface area contributed by atoms with Crippen molar-refractivity contribution in [3.63, 3.8) is 0 Å². The van der Waals surface area contributed by atoms with Crippen LogP contribution in [0, 0.1) is 11.7 Å². The first-order valence-corrected chi connectivity index (χ1v) is 11.9. The Balaban J connectivity index is 2.12. The van der Waals surface area contributed by atoms with E-state index in [2.05, 4.69) is 5.32 Å². The van der Waals surface area contributed by atoms with Gasteiger partial charge in [0.2, 0.25) is 11.8 Å². The molecule has 2 aromatic carbocycles. The Morgan fingerprint density at radius 2 is 1.68 bits per heavy atom. The Morgan fingerprint density at radius 1 is 1.06 bits per heavy atom. The van der Waals surface area contributed by atoms with E-state index in [1.807, 2.05) is 13.8 Å². The summed E-state index contributed by atoms with van der Waals surface area (Å²) in [5.74, 6) is 0.296. The molecule has 0 saturated carbocycles. The highest BCUT2D eigenvalue weighted by Crippen LogP contribution is 2.27. The van der Waals surface area contributed by atoms with Crippen LogP contribution in [-0.4, -0.2) is 35.1 Å². The van der Waals surface area contributed by atoms with Gasteiger partial charge in [-0.15, -0.1) is 11.8 Å². The number of nitrogens with zero attached hydrogens (tertiary/aromatic N) is 1. The van der Waals surface area contributed by atoms with Crippen LogP contribution in [0.3, 0.4) is 0 Å². The number of amides is 2. The van der Waals surface area contributed by atoms with Crippen molar-refractivity contribution in [1.29, 1.82) is 0 Å². The van der Waals surface area contributed by atoms with E-state index < -0.39 is 6.04 Å². The van der Waals surface area contributed by atoms with E-state index >= 15 is 0 Å². The SMILES string of the molecule is CC(C)CNC(=O)[C@@H](C)N(Cc1c(Cl)cccc1Cl)C(=O)CSCc1ccc(F)cc1. The minimum absolute atomic E-state index is 0.130. The van der Waals surface area contributed by atoms with Crippen molar-refractivity contribution in [3.05, 3.63) is 69.5 Å². The van der Waals surface area contributed by atoms with Gasteiger partial charge in [0.25, 0.3) is 0 Å². The fourth-order valence-electron chi connectivity index (χ4n) is 2.81. The topological polar surface area (TPSA) is 49.4 Å². The van der Waals surface area contributed by atoms with E-state index in [4.69, 9.17) is 23.2 Å². The van der Waals surface area contributed by atoms with Crippen LogP contribution in [0.1, 0.15) is 31.9 Å². The average Bonchev–Trinajstić information content (AvgIpc) is 2.72. The molecule has 0 aliphatic carbocycles. The number of hydrogen-bond acceptors (Lipinski definition) is 3. The number of thioether (sulfide) groups is 1. The first-order valence-electron chi connectivity index (χ1n) is 10.0. The van der Waals surface area contributed by atoms with Crippen molar-refractivity contribution in [2.24, 2.45) is 5.92 Å². The lowest BCUT2D eigenvalue weighted by atomic mass is 10.1. The van der Waals surface area contributed by atoms with Crippen molar-refractivity contribution in [3.8, 4) is 0 Å².